The number of aromatic nitrogens is 1. The minimum atomic E-state index is -1.89. The van der Waals surface area contributed by atoms with Gasteiger partial charge in [0.25, 0.3) is 0 Å². The van der Waals surface area contributed by atoms with Gasteiger partial charge in [-0.15, -0.1) is 0 Å². The molecule has 4 aromatic carbocycles. The summed E-state index contributed by atoms with van der Waals surface area (Å²) in [5, 5.41) is 42.8. The zero-order valence-corrected chi connectivity index (χ0v) is 48.7. The standard InChI is InChI=1S/C60H76N14O14/c1-32(2)22-43(56(84)67-33(3)53(81)69-42(52(64)80)24-34-12-6-4-7-13-34)68-51(79)30-66-55(83)44(25-35-14-8-5-9-15-35)71-60(88)48(31-75)74-59(87)47(28-50(63)78)73-57(85)45(26-37-29-65-41-17-11-10-16-39(37)41)72-58(86)46(27-49(62)77)70-54(82)40(61)23-36-18-20-38(76)21-19-36/h4-21,29,32-33,40,42-48,65,75-76H,22-28,30-31,61H2,1-3H3,(H2,62,77)(H2,63,78)(H2,64,80)(H,66,83)(H,67,84)(H,68,79)(H,69,81)(H,70,82)(H,71,88)(H,72,86)(H,73,85)(H,74,87)/t33-,40-,42-,43-,44-,45-,46-,47-,48-/m0/s1. The van der Waals surface area contributed by atoms with Crippen LogP contribution >= 0.6 is 0 Å². The first kappa shape index (κ1) is 68.6. The van der Waals surface area contributed by atoms with E-state index in [1.165, 1.54) is 31.2 Å². The maximum absolute atomic E-state index is 14.4. The van der Waals surface area contributed by atoms with Crippen LogP contribution in [-0.2, 0) is 83.2 Å². The van der Waals surface area contributed by atoms with Crippen LogP contribution in [0.15, 0.2) is 115 Å². The van der Waals surface area contributed by atoms with Crippen molar-refractivity contribution in [2.45, 2.75) is 120 Å². The summed E-state index contributed by atoms with van der Waals surface area (Å²) in [5.41, 5.74) is 25.6. The lowest BCUT2D eigenvalue weighted by Crippen LogP contribution is -2.61. The normalized spacial score (nSPS) is 14.1. The number of amides is 12. The highest BCUT2D eigenvalue weighted by Crippen LogP contribution is 2.20. The van der Waals surface area contributed by atoms with Crippen LogP contribution in [-0.4, -0.2) is 154 Å². The number of benzene rings is 4. The number of H-pyrrole nitrogens is 1. The van der Waals surface area contributed by atoms with Crippen LogP contribution in [0.25, 0.3) is 10.9 Å². The molecule has 0 aliphatic carbocycles. The van der Waals surface area contributed by atoms with Gasteiger partial charge in [0.1, 0.15) is 54.1 Å². The smallest absolute Gasteiger partial charge is 0.245 e. The number of aliphatic hydroxyl groups is 1. The number of aromatic amines is 1. The maximum Gasteiger partial charge on any atom is 0.245 e. The molecule has 5 rings (SSSR count). The number of primary amides is 3. The van der Waals surface area contributed by atoms with E-state index in [0.29, 0.717) is 27.6 Å². The van der Waals surface area contributed by atoms with Crippen molar-refractivity contribution in [2.24, 2.45) is 28.9 Å². The Morgan fingerprint density at radius 3 is 1.47 bits per heavy atom. The molecular formula is C60H76N14O14. The van der Waals surface area contributed by atoms with Crippen molar-refractivity contribution in [1.82, 2.24) is 52.8 Å². The molecule has 0 saturated heterocycles. The highest BCUT2D eigenvalue weighted by atomic mass is 16.3. The van der Waals surface area contributed by atoms with E-state index in [9.17, 15) is 67.7 Å². The Labute approximate surface area is 506 Å². The number of para-hydroxylation sites is 1. The van der Waals surface area contributed by atoms with E-state index in [4.69, 9.17) is 22.9 Å². The number of phenols is 1. The molecule has 12 amide bonds. The lowest BCUT2D eigenvalue weighted by molar-refractivity contribution is -0.136. The summed E-state index contributed by atoms with van der Waals surface area (Å²) in [6, 6.07) is 16.4. The fourth-order valence-corrected chi connectivity index (χ4v) is 9.14. The summed E-state index contributed by atoms with van der Waals surface area (Å²) >= 11 is 0. The van der Waals surface area contributed by atoms with Crippen LogP contribution in [0.4, 0.5) is 0 Å². The summed E-state index contributed by atoms with van der Waals surface area (Å²) in [7, 11) is 0. The van der Waals surface area contributed by atoms with Crippen LogP contribution in [0.1, 0.15) is 62.3 Å². The average Bonchev–Trinajstić information content (AvgIpc) is 3.93. The first-order chi connectivity index (χ1) is 41.8. The summed E-state index contributed by atoms with van der Waals surface area (Å²) in [6.45, 7) is 3.09. The van der Waals surface area contributed by atoms with Gasteiger partial charge in [0.2, 0.25) is 70.9 Å². The molecule has 470 valence electrons. The Kier molecular flexibility index (Phi) is 26.1. The number of carbonyl (C=O) groups is 12. The van der Waals surface area contributed by atoms with E-state index in [1.54, 1.807) is 105 Å². The molecule has 0 unspecified atom stereocenters. The highest BCUT2D eigenvalue weighted by molar-refractivity contribution is 6.00. The van der Waals surface area contributed by atoms with Crippen LogP contribution in [0.3, 0.4) is 0 Å². The van der Waals surface area contributed by atoms with Crippen molar-refractivity contribution < 1.29 is 67.7 Å². The van der Waals surface area contributed by atoms with Crippen molar-refractivity contribution in [3.05, 3.63) is 138 Å². The number of hydrogen-bond acceptors (Lipinski definition) is 15. The van der Waals surface area contributed by atoms with Gasteiger partial charge in [-0.1, -0.05) is 105 Å². The van der Waals surface area contributed by atoms with E-state index in [-0.39, 0.29) is 43.8 Å². The number of rotatable bonds is 34. The number of aromatic hydroxyl groups is 1. The van der Waals surface area contributed by atoms with Crippen molar-refractivity contribution in [3.8, 4) is 5.75 Å². The Hall–Kier alpha value is -10.2. The maximum atomic E-state index is 14.4. The second-order valence-electron chi connectivity index (χ2n) is 21.4. The van der Waals surface area contributed by atoms with Crippen LogP contribution in [0.5, 0.6) is 5.75 Å². The van der Waals surface area contributed by atoms with Gasteiger partial charge in [-0.2, -0.15) is 0 Å². The van der Waals surface area contributed by atoms with Gasteiger partial charge in [-0.25, -0.2) is 0 Å². The molecule has 88 heavy (non-hydrogen) atoms. The lowest BCUT2D eigenvalue weighted by Gasteiger charge is -2.26. The number of nitrogens with two attached hydrogens (primary N) is 4. The first-order valence-corrected chi connectivity index (χ1v) is 28.1. The minimum Gasteiger partial charge on any atom is -0.508 e. The van der Waals surface area contributed by atoms with Gasteiger partial charge in [-0.05, 0) is 66.1 Å². The third kappa shape index (κ3) is 22.0. The van der Waals surface area contributed by atoms with Crippen LogP contribution < -0.4 is 70.8 Å². The van der Waals surface area contributed by atoms with E-state index in [2.05, 4.69) is 52.8 Å². The third-order valence-corrected chi connectivity index (χ3v) is 13.7. The van der Waals surface area contributed by atoms with Gasteiger partial charge in [-0.3, -0.25) is 57.5 Å². The fraction of sp³-hybridized carbons (Fsp3) is 0.367. The first-order valence-electron chi connectivity index (χ1n) is 28.1. The second-order valence-corrected chi connectivity index (χ2v) is 21.4. The number of fused-ring (bicyclic) bond motifs is 1. The average molecular weight is 1220 g/mol. The van der Waals surface area contributed by atoms with Gasteiger partial charge in [0, 0.05) is 36.4 Å². The summed E-state index contributed by atoms with van der Waals surface area (Å²) in [4.78, 5) is 164. The molecule has 1 heterocycles. The number of carbonyl (C=O) groups excluding carboxylic acids is 12. The molecule has 1 aromatic heterocycles. The van der Waals surface area contributed by atoms with Gasteiger partial charge in [0.05, 0.1) is 32.0 Å². The molecule has 0 spiro atoms. The van der Waals surface area contributed by atoms with Crippen LogP contribution in [0, 0.1) is 5.92 Å². The number of nitrogens with one attached hydrogen (secondary N) is 10. The van der Waals surface area contributed by atoms with E-state index in [0.717, 1.165) is 5.56 Å². The Morgan fingerprint density at radius 2 is 0.920 bits per heavy atom. The zero-order valence-electron chi connectivity index (χ0n) is 48.7. The van der Waals surface area contributed by atoms with E-state index in [1.807, 2.05) is 0 Å². The minimum absolute atomic E-state index is 0.0312. The van der Waals surface area contributed by atoms with Gasteiger partial charge in [0.15, 0.2) is 0 Å². The third-order valence-electron chi connectivity index (χ3n) is 13.7. The molecule has 0 bridgehead atoms. The quantitative estimate of drug-likeness (QED) is 0.0193. The zero-order chi connectivity index (χ0) is 64.6. The molecule has 20 N–H and O–H groups in total. The summed E-state index contributed by atoms with van der Waals surface area (Å²) in [5.74, 6) is -11.9. The number of hydrogen-bond donors (Lipinski definition) is 16. The molecule has 0 aliphatic rings. The molecule has 0 saturated carbocycles. The molecule has 28 nitrogen and oxygen atoms in total. The van der Waals surface area contributed by atoms with Crippen molar-refractivity contribution >= 4 is 81.8 Å². The number of aliphatic hydroxyl groups excluding tert-OH is 1. The summed E-state index contributed by atoms with van der Waals surface area (Å²) in [6.07, 6.45) is -0.475. The Balaban J connectivity index is 1.28. The Bertz CT molecular complexity index is 3270. The molecule has 0 radical (unpaired) electrons. The topological polar surface area (TPSA) is 473 Å². The van der Waals surface area contributed by atoms with Gasteiger partial charge < -0.3 is 86.0 Å². The van der Waals surface area contributed by atoms with Crippen LogP contribution in [0.2, 0.25) is 0 Å². The number of phenolic OH excluding ortho intramolecular Hbond substituents is 1. The molecule has 9 atom stereocenters. The van der Waals surface area contributed by atoms with E-state index >= 15 is 0 Å². The highest BCUT2D eigenvalue weighted by Gasteiger charge is 2.35. The summed E-state index contributed by atoms with van der Waals surface area (Å²) < 4.78 is 0. The van der Waals surface area contributed by atoms with Crippen molar-refractivity contribution in [1.29, 1.82) is 0 Å². The predicted octanol–water partition coefficient (Wildman–Crippen LogP) is -3.24. The molecular weight excluding hydrogens is 1140 g/mol. The predicted molar refractivity (Wildman–Crippen MR) is 320 cm³/mol. The largest absolute Gasteiger partial charge is 0.508 e. The fourth-order valence-electron chi connectivity index (χ4n) is 9.14. The second kappa shape index (κ2) is 33.5. The SMILES string of the molecule is CC(C)C[C@H](NC(=O)CNC(=O)[C@H](Cc1ccccc1)NC(=O)[C@H](CO)NC(=O)[C@H](CC(N)=O)NC(=O)[C@H](Cc1c[nH]c2ccccc12)NC(=O)[C@H](CC(N)=O)NC(=O)[C@@H](N)Cc1ccc(O)cc1)C(=O)N[C@@H](C)C(=O)N[C@@H](Cc1ccccc1)C(N)=O. The molecule has 28 heteroatoms. The van der Waals surface area contributed by atoms with Crippen molar-refractivity contribution in [3.63, 3.8) is 0 Å². The van der Waals surface area contributed by atoms with Crippen molar-refractivity contribution in [2.75, 3.05) is 13.2 Å². The Morgan fingerprint density at radius 1 is 0.466 bits per heavy atom. The van der Waals surface area contributed by atoms with E-state index < -0.39 is 151 Å². The van der Waals surface area contributed by atoms with Gasteiger partial charge >= 0.3 is 0 Å². The molecule has 5 aromatic rings. The molecule has 0 aliphatic heterocycles. The lowest BCUT2D eigenvalue weighted by atomic mass is 10.0. The molecule has 0 fully saturated rings. The monoisotopic (exact) mass is 1220 g/mol.